The van der Waals surface area contributed by atoms with Crippen molar-refractivity contribution in [3.05, 3.63) is 89.6 Å². The minimum atomic E-state index is -0.840. The van der Waals surface area contributed by atoms with E-state index in [2.05, 4.69) is 4.99 Å². The van der Waals surface area contributed by atoms with Crippen LogP contribution >= 0.6 is 22.9 Å². The molecule has 0 aliphatic carbocycles. The van der Waals surface area contributed by atoms with E-state index in [1.165, 1.54) is 29.9 Å². The molecule has 4 rings (SSSR count). The third kappa shape index (κ3) is 5.74. The van der Waals surface area contributed by atoms with Crippen LogP contribution in [0.4, 0.5) is 0 Å². The van der Waals surface area contributed by atoms with Gasteiger partial charge in [0.2, 0.25) is 0 Å². The minimum absolute atomic E-state index is 0.125. The third-order valence-corrected chi connectivity index (χ3v) is 6.91. The summed E-state index contributed by atoms with van der Waals surface area (Å²) in [7, 11) is 1.45. The maximum atomic E-state index is 13.8. The average Bonchev–Trinajstić information content (AvgIpc) is 3.15. The largest absolute Gasteiger partial charge is 0.493 e. The molecule has 0 radical (unpaired) electrons. The summed E-state index contributed by atoms with van der Waals surface area (Å²) in [6.07, 6.45) is 1.74. The topological polar surface area (TPSA) is 96.2 Å². The van der Waals surface area contributed by atoms with Crippen molar-refractivity contribution in [2.75, 3.05) is 13.7 Å². The van der Waals surface area contributed by atoms with Gasteiger partial charge in [0.25, 0.3) is 5.56 Å². The molecule has 0 saturated heterocycles. The molecule has 2 aromatic carbocycles. The van der Waals surface area contributed by atoms with Gasteiger partial charge >= 0.3 is 11.9 Å². The van der Waals surface area contributed by atoms with Crippen LogP contribution in [0.2, 0.25) is 5.02 Å². The summed E-state index contributed by atoms with van der Waals surface area (Å²) >= 11 is 7.35. The molecule has 38 heavy (non-hydrogen) atoms. The third-order valence-electron chi connectivity index (χ3n) is 5.69. The van der Waals surface area contributed by atoms with Crippen LogP contribution in [0.1, 0.15) is 44.9 Å². The fraction of sp³-hybridized carbons (Fsp3) is 0.286. The van der Waals surface area contributed by atoms with Crippen LogP contribution in [0.5, 0.6) is 11.5 Å². The molecule has 8 nitrogen and oxygen atoms in total. The van der Waals surface area contributed by atoms with Crippen molar-refractivity contribution in [3.63, 3.8) is 0 Å². The predicted octanol–water partition coefficient (Wildman–Crippen LogP) is 4.02. The molecule has 0 spiro atoms. The van der Waals surface area contributed by atoms with Crippen LogP contribution < -0.4 is 24.4 Å². The zero-order valence-corrected chi connectivity index (χ0v) is 23.2. The lowest BCUT2D eigenvalue weighted by atomic mass is 9.95. The number of ether oxygens (including phenoxy) is 3. The van der Waals surface area contributed by atoms with Crippen LogP contribution in [0, 0.1) is 5.92 Å². The van der Waals surface area contributed by atoms with Crippen LogP contribution in [0.15, 0.2) is 63.5 Å². The Morgan fingerprint density at radius 2 is 1.95 bits per heavy atom. The van der Waals surface area contributed by atoms with Gasteiger partial charge in [0.1, 0.15) is 0 Å². The van der Waals surface area contributed by atoms with Crippen molar-refractivity contribution in [1.29, 1.82) is 0 Å². The quantitative estimate of drug-likeness (QED) is 0.323. The Balaban J connectivity index is 1.93. The molecule has 10 heteroatoms. The second kappa shape index (κ2) is 11.4. The molecule has 198 valence electrons. The van der Waals surface area contributed by atoms with E-state index in [-0.39, 0.29) is 35.2 Å². The zero-order valence-electron chi connectivity index (χ0n) is 21.6. The van der Waals surface area contributed by atoms with Crippen molar-refractivity contribution < 1.29 is 23.8 Å². The Labute approximate surface area is 228 Å². The van der Waals surface area contributed by atoms with Gasteiger partial charge in [-0.3, -0.25) is 14.2 Å². The molecule has 1 atom stereocenters. The number of nitrogens with zero attached hydrogens (tertiary/aromatic N) is 2. The average molecular weight is 555 g/mol. The second-order valence-electron chi connectivity index (χ2n) is 9.13. The lowest BCUT2D eigenvalue weighted by Crippen LogP contribution is -2.40. The molecule has 0 N–H and O–H groups in total. The molecule has 0 amide bonds. The van der Waals surface area contributed by atoms with E-state index in [1.54, 1.807) is 49.4 Å². The van der Waals surface area contributed by atoms with E-state index in [0.717, 1.165) is 5.56 Å². The smallest absolute Gasteiger partial charge is 0.338 e. The molecule has 1 aliphatic heterocycles. The molecule has 2 heterocycles. The minimum Gasteiger partial charge on any atom is -0.493 e. The van der Waals surface area contributed by atoms with E-state index in [0.29, 0.717) is 25.6 Å². The number of allylic oxidation sites excluding steroid dienone is 1. The Morgan fingerprint density at radius 1 is 1.18 bits per heavy atom. The molecule has 1 aromatic heterocycles. The van der Waals surface area contributed by atoms with E-state index >= 15 is 0 Å². The molecule has 0 fully saturated rings. The van der Waals surface area contributed by atoms with Gasteiger partial charge in [0.15, 0.2) is 16.3 Å². The predicted molar refractivity (Wildman–Crippen MR) is 145 cm³/mol. The highest BCUT2D eigenvalue weighted by Crippen LogP contribution is 2.36. The second-order valence-corrected chi connectivity index (χ2v) is 10.6. The number of hydrogen-bond acceptors (Lipinski definition) is 8. The Morgan fingerprint density at radius 3 is 2.61 bits per heavy atom. The Bertz CT molecular complexity index is 1620. The molecule has 0 bridgehead atoms. The van der Waals surface area contributed by atoms with Gasteiger partial charge in [-0.2, -0.15) is 0 Å². The lowest BCUT2D eigenvalue weighted by molar-refractivity contribution is -0.140. The van der Waals surface area contributed by atoms with Gasteiger partial charge in [-0.05, 0) is 54.3 Å². The van der Waals surface area contributed by atoms with Crippen molar-refractivity contribution in [2.24, 2.45) is 10.9 Å². The summed E-state index contributed by atoms with van der Waals surface area (Å²) in [5, 5.41) is 0.551. The number of benzene rings is 2. The summed E-state index contributed by atoms with van der Waals surface area (Å²) in [4.78, 5) is 43.7. The fourth-order valence-corrected chi connectivity index (χ4v) is 5.30. The Kier molecular flexibility index (Phi) is 8.18. The van der Waals surface area contributed by atoms with Gasteiger partial charge in [0, 0.05) is 11.9 Å². The molecule has 0 saturated carbocycles. The number of fused-ring (bicyclic) bond motifs is 1. The van der Waals surface area contributed by atoms with Crippen molar-refractivity contribution in [2.45, 2.75) is 33.7 Å². The first-order valence-corrected chi connectivity index (χ1v) is 13.1. The lowest BCUT2D eigenvalue weighted by Gasteiger charge is -2.25. The van der Waals surface area contributed by atoms with E-state index in [1.807, 2.05) is 19.9 Å². The maximum Gasteiger partial charge on any atom is 0.338 e. The SMILES string of the molecule is COc1cc(C2C(C(=O)OCC(C)C)=C(C)N=c3sc(=Cc4cccc(Cl)c4)c(=O)n32)ccc1OC(C)=O. The Hall–Kier alpha value is -3.69. The number of esters is 2. The van der Waals surface area contributed by atoms with E-state index < -0.39 is 18.0 Å². The summed E-state index contributed by atoms with van der Waals surface area (Å²) in [6.45, 7) is 7.11. The number of halogens is 1. The van der Waals surface area contributed by atoms with Gasteiger partial charge < -0.3 is 14.2 Å². The van der Waals surface area contributed by atoms with Gasteiger partial charge in [-0.25, -0.2) is 9.79 Å². The monoisotopic (exact) mass is 554 g/mol. The number of carbonyl (C=O) groups excluding carboxylic acids is 2. The summed E-state index contributed by atoms with van der Waals surface area (Å²) < 4.78 is 18.2. The molecular formula is C28H27ClN2O6S. The van der Waals surface area contributed by atoms with Gasteiger partial charge in [-0.15, -0.1) is 0 Å². The van der Waals surface area contributed by atoms with Crippen LogP contribution in [-0.4, -0.2) is 30.2 Å². The normalized spacial score (nSPS) is 15.2. The summed E-state index contributed by atoms with van der Waals surface area (Å²) in [5.41, 5.74) is 1.71. The van der Waals surface area contributed by atoms with Gasteiger partial charge in [-0.1, -0.05) is 55.0 Å². The molecule has 1 unspecified atom stereocenters. The number of rotatable bonds is 7. The molecular weight excluding hydrogens is 528 g/mol. The highest BCUT2D eigenvalue weighted by atomic mass is 35.5. The number of aromatic nitrogens is 1. The van der Waals surface area contributed by atoms with Crippen LogP contribution in [0.3, 0.4) is 0 Å². The van der Waals surface area contributed by atoms with Crippen molar-refractivity contribution >= 4 is 41.0 Å². The van der Waals surface area contributed by atoms with Crippen LogP contribution in [-0.2, 0) is 14.3 Å². The summed E-state index contributed by atoms with van der Waals surface area (Å²) in [6, 6.07) is 11.2. The number of hydrogen-bond donors (Lipinski definition) is 0. The zero-order chi connectivity index (χ0) is 27.6. The first-order valence-electron chi connectivity index (χ1n) is 11.9. The van der Waals surface area contributed by atoms with E-state index in [9.17, 15) is 14.4 Å². The highest BCUT2D eigenvalue weighted by Gasteiger charge is 2.34. The van der Waals surface area contributed by atoms with Crippen LogP contribution in [0.25, 0.3) is 6.08 Å². The standard InChI is InChI=1S/C28H27ClN2O6S/c1-15(2)14-36-27(34)24-16(3)30-28-31(26(33)23(38-28)12-18-7-6-8-20(29)11-18)25(24)19-9-10-21(37-17(4)32)22(13-19)35-5/h6-13,15,25H,14H2,1-5H3. The summed E-state index contributed by atoms with van der Waals surface area (Å²) in [5.74, 6) is -0.429. The molecule has 3 aromatic rings. The van der Waals surface area contributed by atoms with E-state index in [4.69, 9.17) is 25.8 Å². The number of methoxy groups -OCH3 is 1. The number of carbonyl (C=O) groups is 2. The fourth-order valence-electron chi connectivity index (χ4n) is 4.06. The van der Waals surface area contributed by atoms with Crippen molar-refractivity contribution in [3.8, 4) is 11.5 Å². The van der Waals surface area contributed by atoms with Gasteiger partial charge in [0.05, 0.1) is 35.6 Å². The van der Waals surface area contributed by atoms with Crippen molar-refractivity contribution in [1.82, 2.24) is 4.57 Å². The molecule has 1 aliphatic rings. The maximum absolute atomic E-state index is 13.8. The first-order chi connectivity index (χ1) is 18.1. The highest BCUT2D eigenvalue weighted by molar-refractivity contribution is 7.07. The first kappa shape index (κ1) is 27.3. The number of thiazole rings is 1.